The van der Waals surface area contributed by atoms with Gasteiger partial charge in [0.15, 0.2) is 0 Å². The molecule has 0 spiro atoms. The van der Waals surface area contributed by atoms with Crippen molar-refractivity contribution in [3.05, 3.63) is 12.2 Å². The van der Waals surface area contributed by atoms with Crippen molar-refractivity contribution in [2.75, 3.05) is 40.9 Å². The molecular formula is C70H142N2O6P+. The molecule has 0 fully saturated rings. The van der Waals surface area contributed by atoms with Crippen LogP contribution in [0.3, 0.4) is 0 Å². The molecular weight excluding hydrogens is 996 g/mol. The van der Waals surface area contributed by atoms with Crippen LogP contribution in [0.5, 0.6) is 0 Å². The lowest BCUT2D eigenvalue weighted by atomic mass is 10.0. The molecule has 1 amide bonds. The monoisotopic (exact) mass is 1140 g/mol. The van der Waals surface area contributed by atoms with Crippen LogP contribution in [0.1, 0.15) is 380 Å². The maximum Gasteiger partial charge on any atom is 0.472 e. The Morgan fingerprint density at radius 3 is 0.975 bits per heavy atom. The fraction of sp³-hybridized carbons (Fsp3) is 0.957. The number of hydrogen-bond acceptors (Lipinski definition) is 5. The number of amides is 1. The Labute approximate surface area is 494 Å². The number of allylic oxidation sites excluding steroid dienone is 2. The first-order valence-electron chi connectivity index (χ1n) is 35.6. The van der Waals surface area contributed by atoms with Gasteiger partial charge in [-0.05, 0) is 38.5 Å². The molecule has 472 valence electrons. The summed E-state index contributed by atoms with van der Waals surface area (Å²) < 4.78 is 23.9. The second-order valence-corrected chi connectivity index (χ2v) is 27.4. The minimum absolute atomic E-state index is 0.0786. The lowest BCUT2D eigenvalue weighted by Crippen LogP contribution is -2.46. The number of rotatable bonds is 67. The zero-order chi connectivity index (χ0) is 57.7. The van der Waals surface area contributed by atoms with Gasteiger partial charge >= 0.3 is 7.82 Å². The molecule has 0 radical (unpaired) electrons. The zero-order valence-electron chi connectivity index (χ0n) is 54.2. The van der Waals surface area contributed by atoms with Gasteiger partial charge in [0.05, 0.1) is 39.9 Å². The number of likely N-dealkylation sites (N-methyl/N-ethyl adjacent to an activating group) is 1. The van der Waals surface area contributed by atoms with Crippen LogP contribution in [-0.2, 0) is 18.4 Å². The van der Waals surface area contributed by atoms with Crippen molar-refractivity contribution < 1.29 is 32.9 Å². The van der Waals surface area contributed by atoms with Gasteiger partial charge in [0.25, 0.3) is 0 Å². The summed E-state index contributed by atoms with van der Waals surface area (Å²) in [6, 6.07) is -0.757. The number of phosphoric ester groups is 1. The number of aliphatic hydroxyl groups is 1. The molecule has 8 nitrogen and oxygen atoms in total. The summed E-state index contributed by atoms with van der Waals surface area (Å²) in [4.78, 5) is 23.4. The molecule has 0 aromatic carbocycles. The van der Waals surface area contributed by atoms with Crippen molar-refractivity contribution in [1.82, 2.24) is 5.32 Å². The Balaban J connectivity index is 3.90. The van der Waals surface area contributed by atoms with Crippen LogP contribution in [0.25, 0.3) is 0 Å². The topological polar surface area (TPSA) is 105 Å². The van der Waals surface area contributed by atoms with E-state index in [2.05, 4.69) is 31.3 Å². The Hall–Kier alpha value is -0.760. The van der Waals surface area contributed by atoms with Gasteiger partial charge in [-0.15, -0.1) is 0 Å². The maximum absolute atomic E-state index is 13.1. The Morgan fingerprint density at radius 2 is 0.684 bits per heavy atom. The predicted molar refractivity (Wildman–Crippen MR) is 346 cm³/mol. The molecule has 3 atom stereocenters. The predicted octanol–water partition coefficient (Wildman–Crippen LogP) is 22.5. The molecule has 0 bridgehead atoms. The van der Waals surface area contributed by atoms with E-state index in [0.29, 0.717) is 23.9 Å². The van der Waals surface area contributed by atoms with Gasteiger partial charge in [0.1, 0.15) is 13.2 Å². The standard InChI is InChI=1S/C70H141N2O6P/c1-6-8-10-12-14-16-18-20-22-24-26-28-29-30-31-32-33-34-35-36-37-38-39-40-41-42-43-44-46-48-50-52-54-56-58-60-62-64-70(74)71-68(67-78-79(75,76)77-66-65-72(3,4)5)69(73)63-61-59-57-55-53-51-49-47-45-27-25-23-21-19-17-15-13-11-9-7-2/h24,26,68-69,73H,6-23,25,27-67H2,1-5H3,(H-,71,74,75,76)/p+1/b26-24-. The van der Waals surface area contributed by atoms with Crippen LogP contribution in [0, 0.1) is 0 Å². The molecule has 3 unspecified atom stereocenters. The van der Waals surface area contributed by atoms with Crippen molar-refractivity contribution >= 4 is 13.7 Å². The zero-order valence-corrected chi connectivity index (χ0v) is 55.1. The summed E-state index contributed by atoms with van der Waals surface area (Å²) in [5.74, 6) is -0.134. The van der Waals surface area contributed by atoms with Crippen LogP contribution < -0.4 is 5.32 Å². The van der Waals surface area contributed by atoms with Gasteiger partial charge in [-0.1, -0.05) is 347 Å². The third-order valence-corrected chi connectivity index (χ3v) is 17.7. The lowest BCUT2D eigenvalue weighted by Gasteiger charge is -2.26. The quantitative estimate of drug-likeness (QED) is 0.0243. The SMILES string of the molecule is CCCCCCCCCC/C=C\CCCCCCCCCCCCCCCCCCCCCCCCCCCC(=O)NC(COP(=O)(O)OCC[N+](C)(C)C)C(O)CCCCCCCCCCCCCCCCCCCCCC. The smallest absolute Gasteiger partial charge is 0.391 e. The number of nitrogens with zero attached hydrogens (tertiary/aromatic N) is 1. The molecule has 0 aliphatic carbocycles. The highest BCUT2D eigenvalue weighted by atomic mass is 31.2. The van der Waals surface area contributed by atoms with Crippen LogP contribution >= 0.6 is 7.82 Å². The number of hydrogen-bond donors (Lipinski definition) is 3. The Morgan fingerprint density at radius 1 is 0.418 bits per heavy atom. The molecule has 0 saturated heterocycles. The van der Waals surface area contributed by atoms with Crippen molar-refractivity contribution in [1.29, 1.82) is 0 Å². The second-order valence-electron chi connectivity index (χ2n) is 26.0. The van der Waals surface area contributed by atoms with Gasteiger partial charge in [-0.25, -0.2) is 4.57 Å². The number of quaternary nitrogens is 1. The largest absolute Gasteiger partial charge is 0.472 e. The van der Waals surface area contributed by atoms with Crippen LogP contribution in [0.2, 0.25) is 0 Å². The molecule has 0 aliphatic rings. The van der Waals surface area contributed by atoms with E-state index in [9.17, 15) is 19.4 Å². The van der Waals surface area contributed by atoms with Gasteiger partial charge in [0, 0.05) is 6.42 Å². The fourth-order valence-corrected chi connectivity index (χ4v) is 12.0. The first-order valence-corrected chi connectivity index (χ1v) is 37.0. The van der Waals surface area contributed by atoms with E-state index in [1.807, 2.05) is 21.1 Å². The first-order chi connectivity index (χ1) is 38.5. The van der Waals surface area contributed by atoms with Crippen molar-refractivity contribution in [3.63, 3.8) is 0 Å². The molecule has 0 aliphatic heterocycles. The highest BCUT2D eigenvalue weighted by Gasteiger charge is 2.28. The summed E-state index contributed by atoms with van der Waals surface area (Å²) in [6.07, 6.45) is 79.0. The lowest BCUT2D eigenvalue weighted by molar-refractivity contribution is -0.870. The third kappa shape index (κ3) is 64.7. The van der Waals surface area contributed by atoms with Gasteiger partial charge < -0.3 is 19.8 Å². The molecule has 0 aromatic rings. The normalized spacial score (nSPS) is 13.7. The van der Waals surface area contributed by atoms with E-state index >= 15 is 0 Å². The van der Waals surface area contributed by atoms with Crippen molar-refractivity contribution in [2.45, 2.75) is 392 Å². The highest BCUT2D eigenvalue weighted by Crippen LogP contribution is 2.43. The third-order valence-electron chi connectivity index (χ3n) is 16.8. The molecule has 0 heterocycles. The summed E-state index contributed by atoms with van der Waals surface area (Å²) in [6.45, 7) is 4.95. The molecule has 0 aromatic heterocycles. The average molecular weight is 1140 g/mol. The molecule has 0 rings (SSSR count). The number of phosphoric acid groups is 1. The van der Waals surface area contributed by atoms with E-state index in [-0.39, 0.29) is 19.1 Å². The number of carbonyl (C=O) groups is 1. The fourth-order valence-electron chi connectivity index (χ4n) is 11.2. The number of aliphatic hydroxyl groups excluding tert-OH is 1. The molecule has 3 N–H and O–H groups in total. The van der Waals surface area contributed by atoms with E-state index in [4.69, 9.17) is 9.05 Å². The number of unbranched alkanes of at least 4 members (excludes halogenated alkanes) is 52. The summed E-state index contributed by atoms with van der Waals surface area (Å²) in [7, 11) is 1.64. The van der Waals surface area contributed by atoms with E-state index < -0.39 is 20.0 Å². The van der Waals surface area contributed by atoms with Crippen LogP contribution in [0.15, 0.2) is 12.2 Å². The number of carbonyl (C=O) groups excluding carboxylic acids is 1. The highest BCUT2D eigenvalue weighted by molar-refractivity contribution is 7.47. The average Bonchev–Trinajstić information content (AvgIpc) is 3.42. The van der Waals surface area contributed by atoms with Crippen molar-refractivity contribution in [2.24, 2.45) is 0 Å². The maximum atomic E-state index is 13.1. The van der Waals surface area contributed by atoms with E-state index in [1.54, 1.807) is 0 Å². The molecule has 79 heavy (non-hydrogen) atoms. The molecule has 0 saturated carbocycles. The van der Waals surface area contributed by atoms with Gasteiger partial charge in [-0.3, -0.25) is 13.8 Å². The first kappa shape index (κ1) is 78.2. The number of nitrogens with one attached hydrogen (secondary N) is 1. The van der Waals surface area contributed by atoms with Crippen LogP contribution in [0.4, 0.5) is 0 Å². The Kier molecular flexibility index (Phi) is 61.2. The van der Waals surface area contributed by atoms with E-state index in [1.165, 1.54) is 315 Å². The summed E-state index contributed by atoms with van der Waals surface area (Å²) in [5.41, 5.74) is 0. The Bertz CT molecular complexity index is 1290. The minimum atomic E-state index is -4.32. The molecule has 9 heteroatoms. The van der Waals surface area contributed by atoms with E-state index in [0.717, 1.165) is 38.5 Å². The van der Waals surface area contributed by atoms with Crippen LogP contribution in [-0.4, -0.2) is 73.4 Å². The summed E-state index contributed by atoms with van der Waals surface area (Å²) >= 11 is 0. The van der Waals surface area contributed by atoms with Gasteiger partial charge in [-0.2, -0.15) is 0 Å². The van der Waals surface area contributed by atoms with Gasteiger partial charge in [0.2, 0.25) is 5.91 Å². The summed E-state index contributed by atoms with van der Waals surface area (Å²) in [5, 5.41) is 14.1. The minimum Gasteiger partial charge on any atom is -0.391 e. The van der Waals surface area contributed by atoms with Crippen molar-refractivity contribution in [3.8, 4) is 0 Å². The second kappa shape index (κ2) is 61.8.